The molecule has 130 valence electrons. The topological polar surface area (TPSA) is 44.8 Å². The summed E-state index contributed by atoms with van der Waals surface area (Å²) < 4.78 is 11.0. The van der Waals surface area contributed by atoms with Crippen LogP contribution in [0.1, 0.15) is 46.3 Å². The van der Waals surface area contributed by atoms with E-state index in [4.69, 9.17) is 14.2 Å². The van der Waals surface area contributed by atoms with Crippen molar-refractivity contribution in [3.8, 4) is 0 Å². The lowest BCUT2D eigenvalue weighted by molar-refractivity contribution is -0.273. The Morgan fingerprint density at radius 1 is 1.17 bits per heavy atom. The molecule has 0 aliphatic heterocycles. The van der Waals surface area contributed by atoms with Crippen molar-refractivity contribution in [2.75, 3.05) is 6.61 Å². The highest BCUT2D eigenvalue weighted by Gasteiger charge is 2.40. The van der Waals surface area contributed by atoms with Crippen molar-refractivity contribution in [3.63, 3.8) is 0 Å². The second kappa shape index (κ2) is 8.08. The predicted octanol–water partition coefficient (Wildman–Crippen LogP) is 4.88. The highest BCUT2D eigenvalue weighted by molar-refractivity contribution is 6.73. The fraction of sp³-hybridized carbons (Fsp3) is 0.611. The molecule has 1 aromatic carbocycles. The van der Waals surface area contributed by atoms with E-state index in [1.165, 1.54) is 0 Å². The molecule has 1 aromatic rings. The van der Waals surface area contributed by atoms with Crippen molar-refractivity contribution in [1.82, 2.24) is 0 Å². The fourth-order valence-electron chi connectivity index (χ4n) is 1.76. The van der Waals surface area contributed by atoms with Crippen LogP contribution in [0.15, 0.2) is 30.3 Å². The van der Waals surface area contributed by atoms with Gasteiger partial charge in [0.05, 0.1) is 12.5 Å². The van der Waals surface area contributed by atoms with E-state index < -0.39 is 20.3 Å². The van der Waals surface area contributed by atoms with Gasteiger partial charge in [0.2, 0.25) is 8.32 Å². The van der Waals surface area contributed by atoms with E-state index in [0.717, 1.165) is 5.56 Å². The molecule has 0 unspecified atom stereocenters. The third-order valence-corrected chi connectivity index (χ3v) is 8.53. The van der Waals surface area contributed by atoms with E-state index in [9.17, 15) is 4.79 Å². The second-order valence-electron chi connectivity index (χ2n) is 7.31. The van der Waals surface area contributed by atoms with Crippen LogP contribution < -0.4 is 0 Å². The minimum Gasteiger partial charge on any atom is -0.466 e. The molecule has 0 heterocycles. The lowest BCUT2D eigenvalue weighted by Crippen LogP contribution is -2.41. The van der Waals surface area contributed by atoms with E-state index >= 15 is 0 Å². The average molecular weight is 339 g/mol. The van der Waals surface area contributed by atoms with E-state index in [1.54, 1.807) is 6.92 Å². The SMILES string of the molecule is CCOC(=O)[C@@H](C)[C@H](OO[Si](C)(C)C(C)(C)C)c1ccccc1. The van der Waals surface area contributed by atoms with Gasteiger partial charge >= 0.3 is 5.97 Å². The van der Waals surface area contributed by atoms with Crippen molar-refractivity contribution in [2.24, 2.45) is 5.92 Å². The minimum absolute atomic E-state index is 0.0292. The first-order valence-electron chi connectivity index (χ1n) is 8.16. The molecule has 4 nitrogen and oxygen atoms in total. The van der Waals surface area contributed by atoms with Crippen molar-refractivity contribution in [1.29, 1.82) is 0 Å². The van der Waals surface area contributed by atoms with Gasteiger partial charge in [0.15, 0.2) is 0 Å². The number of ether oxygens (including phenoxy) is 1. The maximum absolute atomic E-state index is 12.1. The highest BCUT2D eigenvalue weighted by atomic mass is 28.4. The molecule has 23 heavy (non-hydrogen) atoms. The number of carbonyl (C=O) groups is 1. The Morgan fingerprint density at radius 3 is 2.22 bits per heavy atom. The van der Waals surface area contributed by atoms with Crippen LogP contribution in [0.3, 0.4) is 0 Å². The van der Waals surface area contributed by atoms with Gasteiger partial charge in [0.25, 0.3) is 0 Å². The van der Waals surface area contributed by atoms with Crippen molar-refractivity contribution < 1.29 is 19.0 Å². The maximum Gasteiger partial charge on any atom is 0.311 e. The molecule has 0 N–H and O–H groups in total. The summed E-state index contributed by atoms with van der Waals surface area (Å²) in [5.74, 6) is -0.720. The predicted molar refractivity (Wildman–Crippen MR) is 94.3 cm³/mol. The number of hydrogen-bond acceptors (Lipinski definition) is 4. The molecule has 2 atom stereocenters. The van der Waals surface area contributed by atoms with Crippen molar-refractivity contribution in [3.05, 3.63) is 35.9 Å². The van der Waals surface area contributed by atoms with Gasteiger partial charge in [-0.2, -0.15) is 0 Å². The molecule has 0 saturated heterocycles. The molecule has 0 aliphatic rings. The van der Waals surface area contributed by atoms with Gasteiger partial charge in [-0.15, -0.1) is 0 Å². The van der Waals surface area contributed by atoms with Gasteiger partial charge in [-0.25, -0.2) is 4.89 Å². The normalized spacial score (nSPS) is 15.1. The van der Waals surface area contributed by atoms with Crippen LogP contribution in [-0.2, 0) is 19.0 Å². The molecular weight excluding hydrogens is 308 g/mol. The monoisotopic (exact) mass is 338 g/mol. The van der Waals surface area contributed by atoms with Crippen LogP contribution in [-0.4, -0.2) is 20.9 Å². The lowest BCUT2D eigenvalue weighted by Gasteiger charge is -2.36. The molecule has 0 fully saturated rings. The van der Waals surface area contributed by atoms with Crippen LogP contribution in [0, 0.1) is 5.92 Å². The van der Waals surface area contributed by atoms with Gasteiger partial charge in [0.1, 0.15) is 6.10 Å². The molecule has 5 heteroatoms. The number of esters is 1. The molecule has 0 spiro atoms. The van der Waals surface area contributed by atoms with Gasteiger partial charge in [-0.1, -0.05) is 51.1 Å². The molecule has 0 aromatic heterocycles. The second-order valence-corrected chi connectivity index (χ2v) is 12.0. The number of carbonyl (C=O) groups excluding carboxylic acids is 1. The Bertz CT molecular complexity index is 493. The quantitative estimate of drug-likeness (QED) is 0.308. The summed E-state index contributed by atoms with van der Waals surface area (Å²) in [5, 5.41) is 0.0292. The maximum atomic E-state index is 12.1. The Kier molecular flexibility index (Phi) is 6.98. The van der Waals surface area contributed by atoms with Gasteiger partial charge in [-0.3, -0.25) is 9.37 Å². The molecule has 0 saturated carbocycles. The zero-order valence-corrected chi connectivity index (χ0v) is 16.4. The first-order valence-corrected chi connectivity index (χ1v) is 11.1. The molecule has 0 amide bonds. The summed E-state index contributed by atoms with van der Waals surface area (Å²) in [5.41, 5.74) is 0.909. The Morgan fingerprint density at radius 2 is 1.74 bits per heavy atom. The smallest absolute Gasteiger partial charge is 0.311 e. The number of benzene rings is 1. The third kappa shape index (κ3) is 5.44. The van der Waals surface area contributed by atoms with Crippen LogP contribution in [0.25, 0.3) is 0 Å². The number of rotatable bonds is 7. The summed E-state index contributed by atoms with van der Waals surface area (Å²) in [6, 6.07) is 9.67. The molecule has 0 bridgehead atoms. The summed E-state index contributed by atoms with van der Waals surface area (Å²) in [6.07, 6.45) is -0.482. The van der Waals surface area contributed by atoms with E-state index in [-0.39, 0.29) is 11.0 Å². The van der Waals surface area contributed by atoms with E-state index in [0.29, 0.717) is 6.61 Å². The standard InChI is InChI=1S/C18H30O4Si/c1-8-20-17(19)14(2)16(15-12-10-9-11-13-15)21-22-23(6,7)18(3,4)5/h9-14,16H,8H2,1-7H3/t14-,16-/m0/s1. The largest absolute Gasteiger partial charge is 0.466 e. The minimum atomic E-state index is -2.07. The Balaban J connectivity index is 2.95. The van der Waals surface area contributed by atoms with E-state index in [1.807, 2.05) is 37.3 Å². The molecular formula is C18H30O4Si. The van der Waals surface area contributed by atoms with Gasteiger partial charge in [0, 0.05) is 0 Å². The summed E-state index contributed by atoms with van der Waals surface area (Å²) in [4.78, 5) is 17.9. The van der Waals surface area contributed by atoms with Gasteiger partial charge < -0.3 is 4.74 Å². The summed E-state index contributed by atoms with van der Waals surface area (Å²) >= 11 is 0. The van der Waals surface area contributed by atoms with Crippen molar-refractivity contribution in [2.45, 2.75) is 58.9 Å². The third-order valence-electron chi connectivity index (χ3n) is 4.41. The molecule has 0 aliphatic carbocycles. The first kappa shape index (κ1) is 19.9. The van der Waals surface area contributed by atoms with Crippen molar-refractivity contribution >= 4 is 14.3 Å². The van der Waals surface area contributed by atoms with Crippen LogP contribution in [0.4, 0.5) is 0 Å². The summed E-state index contributed by atoms with van der Waals surface area (Å²) in [7, 11) is -2.07. The van der Waals surface area contributed by atoms with Gasteiger partial charge in [-0.05, 0) is 37.5 Å². The van der Waals surface area contributed by atoms with Crippen LogP contribution in [0.2, 0.25) is 18.1 Å². The lowest BCUT2D eigenvalue weighted by atomic mass is 9.97. The number of hydrogen-bond donors (Lipinski definition) is 0. The van der Waals surface area contributed by atoms with Crippen LogP contribution >= 0.6 is 0 Å². The molecule has 1 rings (SSSR count). The zero-order valence-electron chi connectivity index (χ0n) is 15.4. The molecule has 0 radical (unpaired) electrons. The average Bonchev–Trinajstić information content (AvgIpc) is 2.47. The highest BCUT2D eigenvalue weighted by Crippen LogP contribution is 2.38. The van der Waals surface area contributed by atoms with Crippen LogP contribution in [0.5, 0.6) is 0 Å². The van der Waals surface area contributed by atoms with E-state index in [2.05, 4.69) is 33.9 Å². The Labute approximate surface area is 141 Å². The first-order chi connectivity index (χ1) is 10.6. The fourth-order valence-corrected chi connectivity index (χ4v) is 2.36. The summed E-state index contributed by atoms with van der Waals surface area (Å²) in [6.45, 7) is 14.6. The zero-order chi connectivity index (χ0) is 17.7. The Hall–Kier alpha value is -1.17.